The molecule has 1 amide bonds. The lowest BCUT2D eigenvalue weighted by atomic mass is 10.1. The number of aromatic nitrogens is 4. The smallest absolute Gasteiger partial charge is 0.256 e. The van der Waals surface area contributed by atoms with Gasteiger partial charge in [-0.3, -0.25) is 4.79 Å². The molecule has 0 saturated carbocycles. The van der Waals surface area contributed by atoms with E-state index >= 15 is 0 Å². The van der Waals surface area contributed by atoms with E-state index < -0.39 is 5.82 Å². The molecule has 0 spiro atoms. The summed E-state index contributed by atoms with van der Waals surface area (Å²) in [5.41, 5.74) is 2.47. The fourth-order valence-corrected chi connectivity index (χ4v) is 4.64. The van der Waals surface area contributed by atoms with E-state index in [1.54, 1.807) is 24.1 Å². The van der Waals surface area contributed by atoms with Gasteiger partial charge in [0.15, 0.2) is 11.5 Å². The fourth-order valence-electron chi connectivity index (χ4n) is 4.64. The number of ether oxygens (including phenoxy) is 1. The van der Waals surface area contributed by atoms with Crippen LogP contribution in [0.25, 0.3) is 27.9 Å². The summed E-state index contributed by atoms with van der Waals surface area (Å²) in [5, 5.41) is 9.95. The van der Waals surface area contributed by atoms with Crippen LogP contribution in [0, 0.1) is 5.82 Å². The molecule has 0 radical (unpaired) electrons. The van der Waals surface area contributed by atoms with E-state index in [9.17, 15) is 9.18 Å². The first-order valence-electron chi connectivity index (χ1n) is 11.7. The largest absolute Gasteiger partial charge is 0.497 e. The fraction of sp³-hybridized carbons (Fsp3) is 0.185. The summed E-state index contributed by atoms with van der Waals surface area (Å²) in [6.07, 6.45) is 0. The number of hydrogen-bond donors (Lipinski definition) is 0. The highest BCUT2D eigenvalue weighted by molar-refractivity contribution is 5.95. The zero-order valence-corrected chi connectivity index (χ0v) is 19.6. The number of carbonyl (C=O) groups excluding carboxylic acids is 1. The number of carbonyl (C=O) groups is 1. The van der Waals surface area contributed by atoms with Crippen LogP contribution in [0.15, 0.2) is 72.8 Å². The predicted molar refractivity (Wildman–Crippen MR) is 135 cm³/mol. The zero-order chi connectivity index (χ0) is 24.6. The molecular formula is C27H23FN6O2. The maximum Gasteiger partial charge on any atom is 0.256 e. The first-order chi connectivity index (χ1) is 17.6. The lowest BCUT2D eigenvalue weighted by molar-refractivity contribution is 0.0741. The molecule has 3 aromatic carbocycles. The van der Waals surface area contributed by atoms with Crippen LogP contribution in [-0.2, 0) is 0 Å². The van der Waals surface area contributed by atoms with Gasteiger partial charge in [0, 0.05) is 37.1 Å². The van der Waals surface area contributed by atoms with Crippen LogP contribution in [0.1, 0.15) is 10.4 Å². The molecule has 1 aliphatic rings. The highest BCUT2D eigenvalue weighted by Crippen LogP contribution is 2.30. The lowest BCUT2D eigenvalue weighted by Crippen LogP contribution is -2.49. The van der Waals surface area contributed by atoms with Crippen molar-refractivity contribution in [1.29, 1.82) is 0 Å². The van der Waals surface area contributed by atoms with E-state index in [-0.39, 0.29) is 11.5 Å². The van der Waals surface area contributed by atoms with Gasteiger partial charge in [-0.05, 0) is 36.4 Å². The number of amides is 1. The Balaban J connectivity index is 1.39. The second kappa shape index (κ2) is 8.92. The summed E-state index contributed by atoms with van der Waals surface area (Å²) in [6, 6.07) is 21.6. The molecule has 1 aliphatic heterocycles. The van der Waals surface area contributed by atoms with E-state index in [0.29, 0.717) is 43.6 Å². The van der Waals surface area contributed by atoms with Gasteiger partial charge >= 0.3 is 0 Å². The number of methoxy groups -OCH3 is 1. The monoisotopic (exact) mass is 482 g/mol. The molecule has 3 heterocycles. The van der Waals surface area contributed by atoms with Crippen molar-refractivity contribution in [3.63, 3.8) is 0 Å². The number of rotatable bonds is 4. The van der Waals surface area contributed by atoms with Gasteiger partial charge in [0.05, 0.1) is 18.2 Å². The first kappa shape index (κ1) is 22.0. The molecule has 6 rings (SSSR count). The minimum Gasteiger partial charge on any atom is -0.497 e. The van der Waals surface area contributed by atoms with Gasteiger partial charge in [0.1, 0.15) is 11.6 Å². The molecule has 5 aromatic rings. The number of piperazine rings is 1. The van der Waals surface area contributed by atoms with Crippen LogP contribution in [0.2, 0.25) is 0 Å². The number of anilines is 1. The molecule has 0 atom stereocenters. The number of nitrogens with zero attached hydrogens (tertiary/aromatic N) is 6. The SMILES string of the molecule is COc1cccc(-c2nnc3c4ccccc4nc(N4CCN(C(=O)c5ccccc5F)CC4)n23)c1. The Morgan fingerprint density at radius 3 is 2.50 bits per heavy atom. The van der Waals surface area contributed by atoms with Crippen LogP contribution in [0.5, 0.6) is 5.75 Å². The Hall–Kier alpha value is -4.53. The molecule has 2 aromatic heterocycles. The number of hydrogen-bond acceptors (Lipinski definition) is 6. The number of fused-ring (bicyclic) bond motifs is 3. The van der Waals surface area contributed by atoms with E-state index in [4.69, 9.17) is 9.72 Å². The van der Waals surface area contributed by atoms with Crippen LogP contribution in [0.4, 0.5) is 10.3 Å². The average Bonchev–Trinajstić information content (AvgIpc) is 3.38. The Morgan fingerprint density at radius 2 is 1.69 bits per heavy atom. The third-order valence-electron chi connectivity index (χ3n) is 6.51. The maximum absolute atomic E-state index is 14.2. The summed E-state index contributed by atoms with van der Waals surface area (Å²) >= 11 is 0. The quantitative estimate of drug-likeness (QED) is 0.385. The number of para-hydroxylation sites is 1. The molecule has 8 nitrogen and oxygen atoms in total. The molecule has 36 heavy (non-hydrogen) atoms. The third-order valence-corrected chi connectivity index (χ3v) is 6.51. The van der Waals surface area contributed by atoms with E-state index in [1.165, 1.54) is 12.1 Å². The van der Waals surface area contributed by atoms with Crippen molar-refractivity contribution in [2.45, 2.75) is 0 Å². The Labute approximate surface area is 206 Å². The van der Waals surface area contributed by atoms with Crippen LogP contribution >= 0.6 is 0 Å². The maximum atomic E-state index is 14.2. The molecular weight excluding hydrogens is 459 g/mol. The summed E-state index contributed by atoms with van der Waals surface area (Å²) < 4.78 is 21.6. The van der Waals surface area contributed by atoms with Gasteiger partial charge in [-0.25, -0.2) is 13.8 Å². The standard InChI is InChI=1S/C27H23FN6O2/c1-36-19-8-6-7-18(17-19)24-30-31-25-21-10-3-5-12-23(21)29-27(34(24)25)33-15-13-32(14-16-33)26(35)20-9-2-4-11-22(20)28/h2-12,17H,13-16H2,1H3. The van der Waals surface area contributed by atoms with Crippen LogP contribution in [-0.4, -0.2) is 63.7 Å². The highest BCUT2D eigenvalue weighted by atomic mass is 19.1. The highest BCUT2D eigenvalue weighted by Gasteiger charge is 2.27. The Morgan fingerprint density at radius 1 is 0.917 bits per heavy atom. The third kappa shape index (κ3) is 3.69. The van der Waals surface area contributed by atoms with Crippen molar-refractivity contribution in [1.82, 2.24) is 24.5 Å². The predicted octanol–water partition coefficient (Wildman–Crippen LogP) is 4.05. The van der Waals surface area contributed by atoms with Gasteiger partial charge < -0.3 is 14.5 Å². The van der Waals surface area contributed by atoms with Crippen molar-refractivity contribution in [2.75, 3.05) is 38.2 Å². The van der Waals surface area contributed by atoms with Crippen molar-refractivity contribution in [3.8, 4) is 17.1 Å². The molecule has 1 saturated heterocycles. The van der Waals surface area contributed by atoms with Crippen molar-refractivity contribution >= 4 is 28.4 Å². The normalized spacial score (nSPS) is 13.9. The second-order valence-corrected chi connectivity index (χ2v) is 8.60. The van der Waals surface area contributed by atoms with E-state index in [0.717, 1.165) is 22.2 Å². The van der Waals surface area contributed by atoms with E-state index in [1.807, 2.05) is 52.9 Å². The van der Waals surface area contributed by atoms with Crippen LogP contribution < -0.4 is 9.64 Å². The van der Waals surface area contributed by atoms with Gasteiger partial charge in [-0.15, -0.1) is 10.2 Å². The van der Waals surface area contributed by atoms with Gasteiger partial charge in [0.2, 0.25) is 5.95 Å². The molecule has 0 N–H and O–H groups in total. The average molecular weight is 483 g/mol. The zero-order valence-electron chi connectivity index (χ0n) is 19.6. The Kier molecular flexibility index (Phi) is 5.44. The molecule has 0 aliphatic carbocycles. The summed E-state index contributed by atoms with van der Waals surface area (Å²) in [6.45, 7) is 1.96. The Bertz CT molecular complexity index is 1590. The summed E-state index contributed by atoms with van der Waals surface area (Å²) in [5.74, 6) is 1.27. The minimum absolute atomic E-state index is 0.0938. The molecule has 180 valence electrons. The summed E-state index contributed by atoms with van der Waals surface area (Å²) in [7, 11) is 1.63. The number of benzene rings is 3. The molecule has 0 unspecified atom stereocenters. The van der Waals surface area contributed by atoms with Crippen molar-refractivity contribution < 1.29 is 13.9 Å². The molecule has 0 bridgehead atoms. The summed E-state index contributed by atoms with van der Waals surface area (Å²) in [4.78, 5) is 21.7. The number of halogens is 1. The lowest BCUT2D eigenvalue weighted by Gasteiger charge is -2.35. The molecule has 1 fully saturated rings. The first-order valence-corrected chi connectivity index (χ1v) is 11.7. The topological polar surface area (TPSA) is 75.9 Å². The van der Waals surface area contributed by atoms with Crippen molar-refractivity contribution in [3.05, 3.63) is 84.2 Å². The van der Waals surface area contributed by atoms with Crippen molar-refractivity contribution in [2.24, 2.45) is 0 Å². The van der Waals surface area contributed by atoms with Gasteiger partial charge in [0.25, 0.3) is 5.91 Å². The second-order valence-electron chi connectivity index (χ2n) is 8.60. The van der Waals surface area contributed by atoms with Gasteiger partial charge in [-0.1, -0.05) is 36.4 Å². The minimum atomic E-state index is -0.504. The van der Waals surface area contributed by atoms with E-state index in [2.05, 4.69) is 15.1 Å². The van der Waals surface area contributed by atoms with Gasteiger partial charge in [-0.2, -0.15) is 0 Å². The van der Waals surface area contributed by atoms with Crippen LogP contribution in [0.3, 0.4) is 0 Å². The molecule has 9 heteroatoms.